The van der Waals surface area contributed by atoms with E-state index < -0.39 is 107 Å². The number of Topliss-reactive ketones (excluding diaryl/α,β-unsaturated/α-hetero) is 2. The molecule has 1 amide bonds. The number of anilines is 2. The van der Waals surface area contributed by atoms with Crippen molar-refractivity contribution in [1.82, 2.24) is 19.9 Å². The number of halogens is 1. The van der Waals surface area contributed by atoms with E-state index in [1.165, 1.54) is 38.8 Å². The summed E-state index contributed by atoms with van der Waals surface area (Å²) in [5.74, 6) is -6.44. The van der Waals surface area contributed by atoms with Gasteiger partial charge in [0.2, 0.25) is 0 Å². The fourth-order valence-corrected chi connectivity index (χ4v) is 10.1. The van der Waals surface area contributed by atoms with Crippen LogP contribution in [0.1, 0.15) is 80.3 Å². The number of amides is 1. The van der Waals surface area contributed by atoms with Crippen molar-refractivity contribution >= 4 is 35.0 Å². The second kappa shape index (κ2) is 21.6. The highest BCUT2D eigenvalue weighted by atomic mass is 19.1. The van der Waals surface area contributed by atoms with E-state index in [0.29, 0.717) is 62.8 Å². The Hall–Kier alpha value is -4.15. The van der Waals surface area contributed by atoms with Crippen molar-refractivity contribution in [3.63, 3.8) is 0 Å². The number of aromatic nitrogens is 3. The zero-order valence-corrected chi connectivity index (χ0v) is 40.5. The first-order chi connectivity index (χ1) is 31.6. The molecule has 1 unspecified atom stereocenters. The normalized spacial score (nSPS) is 36.3. The number of hydrogen-bond donors (Lipinski definition) is 3. The van der Waals surface area contributed by atoms with Gasteiger partial charge in [0.1, 0.15) is 41.4 Å². The number of rotatable bonds is 12. The summed E-state index contributed by atoms with van der Waals surface area (Å²) in [5, 5.41) is 43.3. The van der Waals surface area contributed by atoms with Gasteiger partial charge in [0, 0.05) is 63.2 Å². The number of benzene rings is 1. The van der Waals surface area contributed by atoms with E-state index in [0.717, 1.165) is 0 Å². The molecule has 3 N–H and O–H groups in total. The van der Waals surface area contributed by atoms with E-state index in [1.54, 1.807) is 50.7 Å². The summed E-state index contributed by atoms with van der Waals surface area (Å²) in [7, 11) is 3.29. The van der Waals surface area contributed by atoms with Gasteiger partial charge in [-0.3, -0.25) is 19.3 Å². The summed E-state index contributed by atoms with van der Waals surface area (Å²) in [6.45, 7) is 15.8. The van der Waals surface area contributed by atoms with Gasteiger partial charge >= 0.3 is 12.1 Å². The SMILES string of the molecule is CC[C@H]1OC(=O)[C@H](C)C(=O)C(C)[C@@H](O[C@@H]2O[C@H](C)C[C@H](N(C)CCc3cn(C[C@H]4CN(c5ccc(N6CCOCC6)c(F)c5)C(=O)O4)nn3)[C@H]2O)[C@](C)(OC)C[C@@H](C)C(=O)[C@H](C)[C@@H](O)[C@]1(C)O. The smallest absolute Gasteiger partial charge is 0.414 e. The van der Waals surface area contributed by atoms with Crippen LogP contribution in [0.3, 0.4) is 0 Å². The van der Waals surface area contributed by atoms with Gasteiger partial charge in [-0.05, 0) is 72.2 Å². The third-order valence-electron chi connectivity index (χ3n) is 14.4. The molecule has 6 rings (SSSR count). The maximum atomic E-state index is 15.2. The van der Waals surface area contributed by atoms with Crippen LogP contribution in [0.2, 0.25) is 0 Å². The zero-order valence-electron chi connectivity index (χ0n) is 40.5. The second-order valence-corrected chi connectivity index (χ2v) is 19.4. The van der Waals surface area contributed by atoms with Gasteiger partial charge in [-0.2, -0.15) is 0 Å². The minimum Gasteiger partial charge on any atom is -0.459 e. The van der Waals surface area contributed by atoms with E-state index in [9.17, 15) is 34.5 Å². The fourth-order valence-electron chi connectivity index (χ4n) is 10.1. The standard InChI is InChI=1S/C47H71FN6O13/c1-11-37-47(8,61)41(58)28(4)38(55)26(2)22-46(7,62-10)42(29(5)39(56)30(6)43(59)66-37)67-44-40(57)36(20-27(3)64-44)51(9)15-14-31-23-53(50-49-31)24-33-25-54(45(60)65-33)32-12-13-35(34(48)21-32)52-16-18-63-19-17-52/h12-13,21,23,26-30,33,36-37,40-42,44,57-58,61H,11,14-20,22,24-25H2,1-10H3/t26-,27-,28+,29?,30-,33+,36+,37-,40-,41-,42-,44+,46-,47-/m1/s1. The Morgan fingerprint density at radius 3 is 2.36 bits per heavy atom. The Labute approximate surface area is 392 Å². The highest BCUT2D eigenvalue weighted by molar-refractivity contribution is 6.00. The lowest BCUT2D eigenvalue weighted by atomic mass is 9.74. The molecular formula is C47H71FN6O13. The largest absolute Gasteiger partial charge is 0.459 e. The van der Waals surface area contributed by atoms with Crippen LogP contribution in [0.5, 0.6) is 0 Å². The predicted molar refractivity (Wildman–Crippen MR) is 241 cm³/mol. The topological polar surface area (TPSA) is 225 Å². The highest BCUT2D eigenvalue weighted by Crippen LogP contribution is 2.39. The molecule has 5 heterocycles. The van der Waals surface area contributed by atoms with Gasteiger partial charge in [-0.1, -0.05) is 32.9 Å². The number of ketones is 2. The van der Waals surface area contributed by atoms with E-state index in [1.807, 2.05) is 23.8 Å². The van der Waals surface area contributed by atoms with Crippen LogP contribution in [-0.2, 0) is 55.8 Å². The van der Waals surface area contributed by atoms with Crippen LogP contribution in [0.4, 0.5) is 20.6 Å². The third kappa shape index (κ3) is 11.5. The Balaban J connectivity index is 1.11. The Morgan fingerprint density at radius 1 is 1.00 bits per heavy atom. The number of methoxy groups -OCH3 is 1. The number of likely N-dealkylation sites (N-methyl/N-ethyl adjacent to an activating group) is 1. The fraction of sp³-hybridized carbons (Fsp3) is 0.745. The van der Waals surface area contributed by atoms with Crippen LogP contribution in [0.15, 0.2) is 24.4 Å². The first-order valence-corrected chi connectivity index (χ1v) is 23.5. The molecule has 4 saturated heterocycles. The number of carbonyl (C=O) groups is 4. The zero-order chi connectivity index (χ0) is 49.1. The number of carbonyl (C=O) groups excluding carboxylic acids is 4. The van der Waals surface area contributed by atoms with Crippen molar-refractivity contribution < 1.29 is 67.3 Å². The molecule has 1 aromatic carbocycles. The van der Waals surface area contributed by atoms with E-state index in [-0.39, 0.29) is 31.7 Å². The summed E-state index contributed by atoms with van der Waals surface area (Å²) < 4.78 is 52.4. The molecule has 0 aliphatic carbocycles. The summed E-state index contributed by atoms with van der Waals surface area (Å²) in [5.41, 5.74) is -1.85. The van der Waals surface area contributed by atoms with Gasteiger partial charge in [0.15, 0.2) is 12.1 Å². The number of ether oxygens (including phenoxy) is 6. The molecule has 374 valence electrons. The predicted octanol–water partition coefficient (Wildman–Crippen LogP) is 2.93. The van der Waals surface area contributed by atoms with Crippen molar-refractivity contribution in [3.05, 3.63) is 35.9 Å². The molecule has 0 radical (unpaired) electrons. The van der Waals surface area contributed by atoms with Crippen LogP contribution in [0.25, 0.3) is 0 Å². The number of hydrogen-bond acceptors (Lipinski definition) is 17. The lowest BCUT2D eigenvalue weighted by Gasteiger charge is -2.47. The molecule has 67 heavy (non-hydrogen) atoms. The molecule has 14 atom stereocenters. The van der Waals surface area contributed by atoms with Crippen LogP contribution >= 0.6 is 0 Å². The molecule has 0 saturated carbocycles. The first-order valence-electron chi connectivity index (χ1n) is 23.5. The maximum absolute atomic E-state index is 15.2. The van der Waals surface area contributed by atoms with E-state index >= 15 is 4.39 Å². The van der Waals surface area contributed by atoms with Gasteiger partial charge < -0.3 is 53.5 Å². The lowest BCUT2D eigenvalue weighted by Crippen LogP contribution is -2.60. The van der Waals surface area contributed by atoms with Crippen molar-refractivity contribution in [2.45, 2.75) is 148 Å². The van der Waals surface area contributed by atoms with Crippen molar-refractivity contribution in [1.29, 1.82) is 0 Å². The van der Waals surface area contributed by atoms with Gasteiger partial charge in [0.05, 0.1) is 67.3 Å². The maximum Gasteiger partial charge on any atom is 0.414 e. The Morgan fingerprint density at radius 2 is 1.70 bits per heavy atom. The number of esters is 1. The summed E-state index contributed by atoms with van der Waals surface area (Å²) in [6.07, 6.45) is -5.20. The average Bonchev–Trinajstić information content (AvgIpc) is 3.92. The quantitative estimate of drug-likeness (QED) is 0.206. The first kappa shape index (κ1) is 52.2. The minimum atomic E-state index is -2.00. The Bertz CT molecular complexity index is 2050. The third-order valence-corrected chi connectivity index (χ3v) is 14.4. The number of morpholine rings is 1. The summed E-state index contributed by atoms with van der Waals surface area (Å²) >= 11 is 0. The van der Waals surface area contributed by atoms with Gasteiger partial charge in [-0.25, -0.2) is 13.9 Å². The number of aliphatic hydroxyl groups excluding tert-OH is 2. The molecule has 2 aromatic rings. The number of cyclic esters (lactones) is 2. The van der Waals surface area contributed by atoms with Crippen LogP contribution < -0.4 is 9.80 Å². The van der Waals surface area contributed by atoms with Gasteiger partial charge in [-0.15, -0.1) is 5.10 Å². The summed E-state index contributed by atoms with van der Waals surface area (Å²) in [4.78, 5) is 59.8. The molecule has 1 aromatic heterocycles. The van der Waals surface area contributed by atoms with Crippen molar-refractivity contribution in [3.8, 4) is 0 Å². The monoisotopic (exact) mass is 947 g/mol. The minimum absolute atomic E-state index is 0.0210. The number of nitrogens with zero attached hydrogens (tertiary/aromatic N) is 6. The molecule has 4 fully saturated rings. The highest BCUT2D eigenvalue weighted by Gasteiger charge is 2.52. The van der Waals surface area contributed by atoms with Crippen LogP contribution in [-0.4, -0.2) is 173 Å². The lowest BCUT2D eigenvalue weighted by molar-refractivity contribution is -0.296. The van der Waals surface area contributed by atoms with Crippen LogP contribution in [0, 0.1) is 29.5 Å². The molecule has 19 nitrogen and oxygen atoms in total. The Kier molecular flexibility index (Phi) is 16.9. The molecule has 4 aliphatic rings. The average molecular weight is 947 g/mol. The van der Waals surface area contributed by atoms with Crippen molar-refractivity contribution in [2.75, 3.05) is 63.4 Å². The molecular weight excluding hydrogens is 876 g/mol. The molecule has 4 aliphatic heterocycles. The van der Waals surface area contributed by atoms with E-state index in [4.69, 9.17) is 28.4 Å². The number of aliphatic hydroxyl groups is 3. The van der Waals surface area contributed by atoms with Crippen molar-refractivity contribution in [2.24, 2.45) is 23.7 Å². The molecule has 20 heteroatoms. The van der Waals surface area contributed by atoms with E-state index in [2.05, 4.69) is 10.3 Å². The summed E-state index contributed by atoms with van der Waals surface area (Å²) in [6, 6.07) is 4.25. The molecule has 0 spiro atoms. The van der Waals surface area contributed by atoms with Gasteiger partial charge in [0.25, 0.3) is 0 Å². The second-order valence-electron chi connectivity index (χ2n) is 19.4. The molecule has 0 bridgehead atoms.